The predicted octanol–water partition coefficient (Wildman–Crippen LogP) is 5.22. The van der Waals surface area contributed by atoms with Crippen molar-refractivity contribution in [2.75, 3.05) is 0 Å². The van der Waals surface area contributed by atoms with Crippen molar-refractivity contribution in [2.24, 2.45) is 0 Å². The van der Waals surface area contributed by atoms with Crippen LogP contribution in [0.2, 0.25) is 40.8 Å². The molecule has 20 heavy (non-hydrogen) atoms. The van der Waals surface area contributed by atoms with Crippen LogP contribution in [0.25, 0.3) is 0 Å². The van der Waals surface area contributed by atoms with Gasteiger partial charge in [0.15, 0.2) is 0 Å². The van der Waals surface area contributed by atoms with Crippen LogP contribution >= 0.6 is 11.3 Å². The Morgan fingerprint density at radius 3 is 2.40 bits per heavy atom. The SMILES string of the molecule is C[Si](C)(C)/[C](=C1\CCCCB1c1cccs1)[Sn]([CH3])([CH3])[CH3]. The molecule has 0 amide bonds. The second-order valence-corrected chi connectivity index (χ2v) is 29.9. The Hall–Kier alpha value is 0.521. The number of hydrogen-bond donors (Lipinski definition) is 0. The van der Waals surface area contributed by atoms with Crippen LogP contribution in [0.4, 0.5) is 0 Å². The number of hydrogen-bond acceptors (Lipinski definition) is 1. The molecule has 2 heterocycles. The molecule has 0 radical (unpaired) electrons. The minimum absolute atomic E-state index is 0.765. The summed E-state index contributed by atoms with van der Waals surface area (Å²) in [7, 11) is -1.19. The molecule has 1 aromatic rings. The van der Waals surface area contributed by atoms with Gasteiger partial charge >= 0.3 is 136 Å². The molecule has 0 spiro atoms. The predicted molar refractivity (Wildman–Crippen MR) is 102 cm³/mol. The molecule has 0 aliphatic carbocycles. The van der Waals surface area contributed by atoms with E-state index in [2.05, 4.69) is 52.0 Å². The first-order valence-electron chi connectivity index (χ1n) is 7.98. The van der Waals surface area contributed by atoms with Crippen LogP contribution < -0.4 is 4.78 Å². The molecule has 1 aromatic heterocycles. The molecule has 4 heteroatoms. The first-order chi connectivity index (χ1) is 9.21. The molecular weight excluding hydrogens is 382 g/mol. The van der Waals surface area contributed by atoms with Crippen molar-refractivity contribution in [3.8, 4) is 0 Å². The number of allylic oxidation sites excluding steroid dienone is 1. The molecule has 1 aliphatic rings. The van der Waals surface area contributed by atoms with Crippen LogP contribution in [0.5, 0.6) is 0 Å². The van der Waals surface area contributed by atoms with Crippen molar-refractivity contribution < 1.29 is 0 Å². The van der Waals surface area contributed by atoms with Gasteiger partial charge < -0.3 is 0 Å². The molecule has 0 unspecified atom stereocenters. The van der Waals surface area contributed by atoms with Crippen molar-refractivity contribution in [3.05, 3.63) is 26.2 Å². The van der Waals surface area contributed by atoms with E-state index < -0.39 is 26.5 Å². The van der Waals surface area contributed by atoms with Crippen molar-refractivity contribution in [1.29, 1.82) is 0 Å². The molecule has 1 fully saturated rings. The Morgan fingerprint density at radius 2 is 1.90 bits per heavy atom. The average Bonchev–Trinajstić information content (AvgIpc) is 2.79. The molecule has 0 N–H and O–H groups in total. The molecular formula is C16H29BSSiSn. The maximum atomic E-state index is 2.63. The van der Waals surface area contributed by atoms with E-state index in [1.807, 2.05) is 20.0 Å². The van der Waals surface area contributed by atoms with Gasteiger partial charge in [0.25, 0.3) is 0 Å². The van der Waals surface area contributed by atoms with Gasteiger partial charge in [-0.3, -0.25) is 0 Å². The summed E-state index contributed by atoms with van der Waals surface area (Å²) >= 11 is -0.0317. The van der Waals surface area contributed by atoms with Crippen LogP contribution in [0, 0.1) is 0 Å². The Morgan fingerprint density at radius 1 is 1.20 bits per heavy atom. The van der Waals surface area contributed by atoms with E-state index in [4.69, 9.17) is 0 Å². The fourth-order valence-electron chi connectivity index (χ4n) is 4.20. The Kier molecular flexibility index (Phi) is 5.34. The molecule has 0 atom stereocenters. The zero-order valence-corrected chi connectivity index (χ0v) is 18.7. The third-order valence-electron chi connectivity index (χ3n) is 4.32. The van der Waals surface area contributed by atoms with Crippen molar-refractivity contribution in [3.63, 3.8) is 0 Å². The third kappa shape index (κ3) is 3.83. The van der Waals surface area contributed by atoms with E-state index in [0.717, 1.165) is 6.71 Å². The van der Waals surface area contributed by atoms with Crippen molar-refractivity contribution in [1.82, 2.24) is 0 Å². The molecule has 0 nitrogen and oxygen atoms in total. The van der Waals surface area contributed by atoms with Gasteiger partial charge in [-0.1, -0.05) is 0 Å². The number of thiophene rings is 1. The Balaban J connectivity index is 2.55. The van der Waals surface area contributed by atoms with Crippen LogP contribution in [0.3, 0.4) is 0 Å². The van der Waals surface area contributed by atoms with Crippen LogP contribution in [0.1, 0.15) is 19.3 Å². The Labute approximate surface area is 135 Å². The van der Waals surface area contributed by atoms with Gasteiger partial charge in [-0.2, -0.15) is 0 Å². The van der Waals surface area contributed by atoms with E-state index >= 15 is 0 Å². The standard InChI is InChI=1S/C13H20BSSi.3CH3.Sn/c1-16(2,3)11-12-7-4-5-9-14(12)13-8-6-10-15-13;;;;/h6,8,10H,4-5,7,9H2,1-3H3;3*1H3;. The Bertz CT molecular complexity index is 464. The summed E-state index contributed by atoms with van der Waals surface area (Å²) < 4.78 is 3.68. The summed E-state index contributed by atoms with van der Waals surface area (Å²) in [5, 5.41) is 2.26. The molecule has 110 valence electrons. The summed E-state index contributed by atoms with van der Waals surface area (Å²) in [5.41, 5.74) is 1.90. The molecule has 0 aromatic carbocycles. The van der Waals surface area contributed by atoms with Gasteiger partial charge in [-0.25, -0.2) is 0 Å². The maximum absolute atomic E-state index is 2.63. The summed E-state index contributed by atoms with van der Waals surface area (Å²) in [5.74, 6) is 0. The van der Waals surface area contributed by atoms with Gasteiger partial charge in [-0.15, -0.1) is 0 Å². The molecule has 1 aliphatic heterocycles. The minimum atomic E-state index is -2.01. The van der Waals surface area contributed by atoms with E-state index in [1.54, 1.807) is 4.78 Å². The summed E-state index contributed by atoms with van der Waals surface area (Å²) in [6.07, 6.45) is 5.62. The quantitative estimate of drug-likeness (QED) is 0.599. The van der Waals surface area contributed by atoms with Gasteiger partial charge in [0.1, 0.15) is 0 Å². The van der Waals surface area contributed by atoms with E-state index in [0.29, 0.717) is 0 Å². The van der Waals surface area contributed by atoms with Gasteiger partial charge in [0.2, 0.25) is 0 Å². The molecule has 1 saturated heterocycles. The molecule has 0 saturated carbocycles. The van der Waals surface area contributed by atoms with Crippen LogP contribution in [-0.4, -0.2) is 33.2 Å². The molecule has 2 rings (SSSR count). The monoisotopic (exact) mass is 412 g/mol. The second kappa shape index (κ2) is 6.33. The topological polar surface area (TPSA) is 0 Å². The summed E-state index contributed by atoms with van der Waals surface area (Å²) in [6, 6.07) is 4.61. The fourth-order valence-corrected chi connectivity index (χ4v) is 31.5. The van der Waals surface area contributed by atoms with Crippen molar-refractivity contribution in [2.45, 2.75) is 60.0 Å². The summed E-state index contributed by atoms with van der Waals surface area (Å²) in [6.45, 7) is 8.51. The van der Waals surface area contributed by atoms with Crippen LogP contribution in [-0.2, 0) is 0 Å². The zero-order valence-electron chi connectivity index (χ0n) is 14.0. The van der Waals surface area contributed by atoms with Crippen molar-refractivity contribution >= 4 is 49.3 Å². The fraction of sp³-hybridized carbons (Fsp3) is 0.625. The second-order valence-electron chi connectivity index (χ2n) is 8.21. The van der Waals surface area contributed by atoms with Gasteiger partial charge in [-0.05, 0) is 0 Å². The summed E-state index contributed by atoms with van der Waals surface area (Å²) in [4.78, 5) is 7.90. The van der Waals surface area contributed by atoms with E-state index in [9.17, 15) is 0 Å². The van der Waals surface area contributed by atoms with Gasteiger partial charge in [0.05, 0.1) is 0 Å². The number of rotatable bonds is 3. The van der Waals surface area contributed by atoms with E-state index in [-0.39, 0.29) is 0 Å². The third-order valence-corrected chi connectivity index (χ3v) is 23.8. The zero-order chi connectivity index (χ0) is 15.0. The first kappa shape index (κ1) is 16.9. The van der Waals surface area contributed by atoms with Gasteiger partial charge in [0, 0.05) is 0 Å². The molecule has 0 bridgehead atoms. The van der Waals surface area contributed by atoms with Crippen LogP contribution in [0.15, 0.2) is 26.2 Å². The first-order valence-corrected chi connectivity index (χ1v) is 22.4. The average molecular weight is 411 g/mol. The normalized spacial score (nSPS) is 20.2. The van der Waals surface area contributed by atoms with E-state index in [1.165, 1.54) is 25.6 Å².